The molecule has 1 atom stereocenters. The number of methoxy groups -OCH3 is 1. The topological polar surface area (TPSA) is 89.2 Å². The summed E-state index contributed by atoms with van der Waals surface area (Å²) in [5.74, 6) is 0.00610. The molecule has 1 aromatic heterocycles. The van der Waals surface area contributed by atoms with Crippen molar-refractivity contribution in [1.29, 1.82) is 0 Å². The van der Waals surface area contributed by atoms with E-state index in [1.54, 1.807) is 67.8 Å². The van der Waals surface area contributed by atoms with Gasteiger partial charge in [0.1, 0.15) is 23.0 Å². The van der Waals surface area contributed by atoms with Crippen molar-refractivity contribution >= 4 is 17.4 Å². The molecule has 3 aromatic rings. The molecule has 4 rings (SSSR count). The van der Waals surface area contributed by atoms with Crippen LogP contribution in [0.1, 0.15) is 36.8 Å². The number of hydrogen-bond donors (Lipinski definition) is 1. The Kier molecular flexibility index (Phi) is 6.22. The van der Waals surface area contributed by atoms with Crippen LogP contribution in [0, 0.1) is 0 Å². The highest BCUT2D eigenvalue weighted by Gasteiger charge is 2.46. The summed E-state index contributed by atoms with van der Waals surface area (Å²) in [5, 5.41) is 11.2. The van der Waals surface area contributed by atoms with Crippen LogP contribution in [0.3, 0.4) is 0 Å². The predicted molar refractivity (Wildman–Crippen MR) is 122 cm³/mol. The number of rotatable bonds is 7. The minimum atomic E-state index is -0.796. The average Bonchev–Trinajstić information content (AvgIpc) is 3.41. The first-order valence-corrected chi connectivity index (χ1v) is 10.6. The molecular weight excluding hydrogens is 422 g/mol. The van der Waals surface area contributed by atoms with Gasteiger partial charge in [-0.3, -0.25) is 9.59 Å². The fourth-order valence-electron chi connectivity index (χ4n) is 3.89. The molecule has 1 aliphatic rings. The quantitative estimate of drug-likeness (QED) is 0.321. The molecule has 0 spiro atoms. The Bertz CT molecular complexity index is 1180. The Morgan fingerprint density at radius 2 is 1.82 bits per heavy atom. The number of benzene rings is 2. The zero-order chi connectivity index (χ0) is 23.5. The maximum atomic E-state index is 13.1. The Balaban J connectivity index is 1.83. The van der Waals surface area contributed by atoms with Crippen molar-refractivity contribution in [3.63, 3.8) is 0 Å². The molecule has 33 heavy (non-hydrogen) atoms. The highest BCUT2D eigenvalue weighted by molar-refractivity contribution is 6.46. The number of carbonyl (C=O) groups excluding carboxylic acids is 2. The summed E-state index contributed by atoms with van der Waals surface area (Å²) in [4.78, 5) is 27.6. The first-order chi connectivity index (χ1) is 15.9. The molecule has 2 aromatic carbocycles. The van der Waals surface area contributed by atoms with Crippen molar-refractivity contribution in [2.24, 2.45) is 0 Å². The summed E-state index contributed by atoms with van der Waals surface area (Å²) in [6.45, 7) is 3.88. The number of nitrogens with zero attached hydrogens (tertiary/aromatic N) is 1. The van der Waals surface area contributed by atoms with Gasteiger partial charge in [-0.1, -0.05) is 24.3 Å². The van der Waals surface area contributed by atoms with E-state index in [2.05, 4.69) is 0 Å². The van der Waals surface area contributed by atoms with Gasteiger partial charge in [-0.2, -0.15) is 0 Å². The number of amides is 1. The van der Waals surface area contributed by atoms with Crippen molar-refractivity contribution < 1.29 is 28.6 Å². The third kappa shape index (κ3) is 4.48. The van der Waals surface area contributed by atoms with Crippen LogP contribution in [-0.2, 0) is 16.1 Å². The molecule has 1 unspecified atom stereocenters. The van der Waals surface area contributed by atoms with E-state index in [1.807, 2.05) is 13.8 Å². The Hall–Kier alpha value is -4.00. The van der Waals surface area contributed by atoms with Crippen LogP contribution in [0.15, 0.2) is 76.9 Å². The van der Waals surface area contributed by atoms with Gasteiger partial charge in [0.15, 0.2) is 0 Å². The number of furan rings is 1. The smallest absolute Gasteiger partial charge is 0.296 e. The summed E-state index contributed by atoms with van der Waals surface area (Å²) in [6, 6.07) is 16.5. The molecule has 1 N–H and O–H groups in total. The molecule has 2 heterocycles. The zero-order valence-electron chi connectivity index (χ0n) is 18.6. The molecule has 0 saturated carbocycles. The molecule has 1 fully saturated rings. The lowest BCUT2D eigenvalue weighted by atomic mass is 9.95. The zero-order valence-corrected chi connectivity index (χ0v) is 18.6. The molecule has 1 amide bonds. The summed E-state index contributed by atoms with van der Waals surface area (Å²) in [7, 11) is 1.56. The molecule has 7 nitrogen and oxygen atoms in total. The van der Waals surface area contributed by atoms with E-state index >= 15 is 0 Å². The third-order valence-corrected chi connectivity index (χ3v) is 5.36. The Morgan fingerprint density at radius 3 is 2.45 bits per heavy atom. The largest absolute Gasteiger partial charge is 0.507 e. The second kappa shape index (κ2) is 9.24. The number of aliphatic hydroxyl groups is 1. The lowest BCUT2D eigenvalue weighted by Crippen LogP contribution is -2.29. The van der Waals surface area contributed by atoms with E-state index < -0.39 is 17.7 Å². The van der Waals surface area contributed by atoms with Crippen LogP contribution in [-0.4, -0.2) is 34.9 Å². The van der Waals surface area contributed by atoms with Gasteiger partial charge >= 0.3 is 0 Å². The number of likely N-dealkylation sites (tertiary alicyclic amines) is 1. The highest BCUT2D eigenvalue weighted by Crippen LogP contribution is 2.41. The molecule has 0 bridgehead atoms. The third-order valence-electron chi connectivity index (χ3n) is 5.36. The van der Waals surface area contributed by atoms with Crippen molar-refractivity contribution in [3.8, 4) is 11.5 Å². The second-order valence-electron chi connectivity index (χ2n) is 7.97. The standard InChI is InChI=1S/C26H25NO6/c1-16(2)33-20-7-4-6-18(14-20)24(28)22-23(17-9-11-19(31-3)12-10-17)27(26(30)25(22)29)15-21-8-5-13-32-21/h4-14,16,23,28H,15H2,1-3H3/b24-22-. The van der Waals surface area contributed by atoms with Gasteiger partial charge in [-0.25, -0.2) is 0 Å². The van der Waals surface area contributed by atoms with Gasteiger partial charge < -0.3 is 23.9 Å². The van der Waals surface area contributed by atoms with Crippen LogP contribution in [0.4, 0.5) is 0 Å². The van der Waals surface area contributed by atoms with Crippen molar-refractivity contribution in [2.75, 3.05) is 7.11 Å². The summed E-state index contributed by atoms with van der Waals surface area (Å²) in [5.41, 5.74) is 1.07. The van der Waals surface area contributed by atoms with Crippen LogP contribution >= 0.6 is 0 Å². The molecule has 1 saturated heterocycles. The van der Waals surface area contributed by atoms with E-state index in [4.69, 9.17) is 13.9 Å². The van der Waals surface area contributed by atoms with Crippen molar-refractivity contribution in [3.05, 3.63) is 89.4 Å². The normalized spacial score (nSPS) is 17.6. The van der Waals surface area contributed by atoms with E-state index in [0.29, 0.717) is 28.4 Å². The van der Waals surface area contributed by atoms with Crippen LogP contribution < -0.4 is 9.47 Å². The lowest BCUT2D eigenvalue weighted by Gasteiger charge is -2.24. The molecule has 1 aliphatic heterocycles. The summed E-state index contributed by atoms with van der Waals surface area (Å²) in [6.07, 6.45) is 1.45. The highest BCUT2D eigenvalue weighted by atomic mass is 16.5. The number of aliphatic hydroxyl groups excluding tert-OH is 1. The van der Waals surface area contributed by atoms with E-state index in [1.165, 1.54) is 11.2 Å². The predicted octanol–water partition coefficient (Wildman–Crippen LogP) is 4.70. The molecule has 0 aliphatic carbocycles. The second-order valence-corrected chi connectivity index (χ2v) is 7.97. The van der Waals surface area contributed by atoms with Crippen LogP contribution in [0.2, 0.25) is 0 Å². The van der Waals surface area contributed by atoms with Crippen molar-refractivity contribution in [1.82, 2.24) is 4.90 Å². The first kappa shape index (κ1) is 22.2. The SMILES string of the molecule is COc1ccc(C2/C(=C(/O)c3cccc(OC(C)C)c3)C(=O)C(=O)N2Cc2ccco2)cc1. The van der Waals surface area contributed by atoms with Gasteiger partial charge in [0.05, 0.1) is 37.6 Å². The van der Waals surface area contributed by atoms with Gasteiger partial charge in [-0.05, 0) is 55.8 Å². The molecule has 170 valence electrons. The van der Waals surface area contributed by atoms with Crippen LogP contribution in [0.25, 0.3) is 5.76 Å². The first-order valence-electron chi connectivity index (χ1n) is 10.6. The molecule has 0 radical (unpaired) electrons. The minimum Gasteiger partial charge on any atom is -0.507 e. The van der Waals surface area contributed by atoms with E-state index in [-0.39, 0.29) is 24.0 Å². The van der Waals surface area contributed by atoms with Crippen LogP contribution in [0.5, 0.6) is 11.5 Å². The Morgan fingerprint density at radius 1 is 1.06 bits per heavy atom. The van der Waals surface area contributed by atoms with E-state index in [0.717, 1.165) is 0 Å². The number of Topliss-reactive ketones (excluding diaryl/α,β-unsaturated/α-hetero) is 1. The summed E-state index contributed by atoms with van der Waals surface area (Å²) >= 11 is 0. The average molecular weight is 447 g/mol. The monoisotopic (exact) mass is 447 g/mol. The van der Waals surface area contributed by atoms with Gasteiger partial charge in [0.25, 0.3) is 11.7 Å². The number of ketones is 1. The van der Waals surface area contributed by atoms with Gasteiger partial charge in [-0.15, -0.1) is 0 Å². The number of carbonyl (C=O) groups is 2. The Labute approximate surface area is 191 Å². The maximum Gasteiger partial charge on any atom is 0.296 e. The summed E-state index contributed by atoms with van der Waals surface area (Å²) < 4.78 is 16.4. The van der Waals surface area contributed by atoms with Gasteiger partial charge in [0.2, 0.25) is 0 Å². The minimum absolute atomic E-state index is 0.0124. The van der Waals surface area contributed by atoms with Gasteiger partial charge in [0, 0.05) is 5.56 Å². The molecular formula is C26H25NO6. The van der Waals surface area contributed by atoms with Crippen molar-refractivity contribution in [2.45, 2.75) is 32.5 Å². The maximum absolute atomic E-state index is 13.1. The fourth-order valence-corrected chi connectivity index (χ4v) is 3.89. The molecule has 7 heteroatoms. The number of ether oxygens (including phenoxy) is 2. The number of hydrogen-bond acceptors (Lipinski definition) is 6. The fraction of sp³-hybridized carbons (Fsp3) is 0.231. The lowest BCUT2D eigenvalue weighted by molar-refractivity contribution is -0.140. The van der Waals surface area contributed by atoms with E-state index in [9.17, 15) is 14.7 Å².